The van der Waals surface area contributed by atoms with E-state index >= 15 is 0 Å². The van der Waals surface area contributed by atoms with Gasteiger partial charge in [-0.05, 0) is 55.7 Å². The fourth-order valence-electron chi connectivity index (χ4n) is 3.98. The second kappa shape index (κ2) is 11.8. The molecule has 4 rings (SSSR count). The zero-order valence-corrected chi connectivity index (χ0v) is 24.9. The maximum Gasteiger partial charge on any atom is 0.246 e. The van der Waals surface area contributed by atoms with Gasteiger partial charge in [-0.15, -0.1) is 10.2 Å². The topological polar surface area (TPSA) is 125 Å². The maximum absolute atomic E-state index is 14.2. The van der Waals surface area contributed by atoms with Gasteiger partial charge in [-0.25, -0.2) is 37.1 Å². The van der Waals surface area contributed by atoms with E-state index in [0.29, 0.717) is 28.7 Å². The van der Waals surface area contributed by atoms with E-state index in [2.05, 4.69) is 38.9 Å². The highest BCUT2D eigenvalue weighted by Crippen LogP contribution is 2.40. The largest absolute Gasteiger partial charge is 0.494 e. The maximum atomic E-state index is 14.2. The number of hydrogen-bond acceptors (Lipinski definition) is 9. The highest BCUT2D eigenvalue weighted by Gasteiger charge is 2.36. The summed E-state index contributed by atoms with van der Waals surface area (Å²) < 4.78 is 61.7. The first-order valence-electron chi connectivity index (χ1n) is 12.3. The van der Waals surface area contributed by atoms with E-state index in [4.69, 9.17) is 13.9 Å². The Labute approximate surface area is 234 Å². The lowest BCUT2D eigenvalue weighted by Gasteiger charge is -2.32. The van der Waals surface area contributed by atoms with Crippen LogP contribution in [-0.4, -0.2) is 83.7 Å². The Morgan fingerprint density at radius 2 is 1.68 bits per heavy atom. The van der Waals surface area contributed by atoms with E-state index in [-0.39, 0.29) is 30.6 Å². The SMILES string of the molecule is COc1cccc(OC)c1-n1c(-c2ccco2)nnc1N(CCS(C)(C)C)S(=O)(=O)[C@@H](C)Cc1ncc(F)cn1. The van der Waals surface area contributed by atoms with E-state index < -0.39 is 31.1 Å². The zero-order valence-electron chi connectivity index (χ0n) is 23.2. The molecule has 1 aromatic carbocycles. The molecule has 3 aromatic heterocycles. The van der Waals surface area contributed by atoms with Gasteiger partial charge < -0.3 is 13.9 Å². The third kappa shape index (κ3) is 6.22. The molecule has 0 unspecified atom stereocenters. The number of hydrogen-bond donors (Lipinski definition) is 0. The summed E-state index contributed by atoms with van der Waals surface area (Å²) in [4.78, 5) is 7.91. The van der Waals surface area contributed by atoms with Gasteiger partial charge >= 0.3 is 0 Å². The number of methoxy groups -OCH3 is 2. The van der Waals surface area contributed by atoms with E-state index in [1.165, 1.54) is 24.8 Å². The lowest BCUT2D eigenvalue weighted by atomic mass is 10.2. The number of rotatable bonds is 12. The number of anilines is 1. The Hall–Kier alpha value is -3.65. The zero-order chi connectivity index (χ0) is 29.1. The number of benzene rings is 1. The molecule has 4 aromatic rings. The minimum Gasteiger partial charge on any atom is -0.494 e. The first-order chi connectivity index (χ1) is 19.0. The first-order valence-corrected chi connectivity index (χ1v) is 16.8. The van der Waals surface area contributed by atoms with Crippen molar-refractivity contribution in [1.82, 2.24) is 24.7 Å². The number of furan rings is 1. The van der Waals surface area contributed by atoms with Gasteiger partial charge in [0.1, 0.15) is 23.0 Å². The quantitative estimate of drug-likeness (QED) is 0.241. The summed E-state index contributed by atoms with van der Waals surface area (Å²) in [7, 11) is -2.16. The lowest BCUT2D eigenvalue weighted by molar-refractivity contribution is 0.391. The van der Waals surface area contributed by atoms with E-state index in [9.17, 15) is 12.8 Å². The Balaban J connectivity index is 1.92. The molecule has 0 aliphatic heterocycles. The van der Waals surface area contributed by atoms with Gasteiger partial charge in [0.25, 0.3) is 0 Å². The van der Waals surface area contributed by atoms with E-state index in [0.717, 1.165) is 12.4 Å². The molecule has 1 atom stereocenters. The molecule has 0 saturated carbocycles. The monoisotopic (exact) mass is 592 g/mol. The fourth-order valence-corrected chi connectivity index (χ4v) is 6.31. The molecular formula is C26H33FN6O5S2. The van der Waals surface area contributed by atoms with Crippen LogP contribution >= 0.6 is 10.0 Å². The highest BCUT2D eigenvalue weighted by molar-refractivity contribution is 8.32. The van der Waals surface area contributed by atoms with Gasteiger partial charge in [0.15, 0.2) is 11.6 Å². The van der Waals surface area contributed by atoms with Crippen LogP contribution in [0.2, 0.25) is 0 Å². The Morgan fingerprint density at radius 1 is 1.02 bits per heavy atom. The summed E-state index contributed by atoms with van der Waals surface area (Å²) in [5.41, 5.74) is 0.414. The van der Waals surface area contributed by atoms with Gasteiger partial charge in [-0.1, -0.05) is 6.07 Å². The van der Waals surface area contributed by atoms with Crippen molar-refractivity contribution in [3.8, 4) is 28.8 Å². The van der Waals surface area contributed by atoms with Crippen molar-refractivity contribution in [3.63, 3.8) is 0 Å². The van der Waals surface area contributed by atoms with Gasteiger partial charge in [0.05, 0.1) is 38.1 Å². The molecule has 40 heavy (non-hydrogen) atoms. The molecule has 0 bridgehead atoms. The molecule has 0 N–H and O–H groups in total. The normalized spacial score (nSPS) is 13.2. The van der Waals surface area contributed by atoms with Crippen molar-refractivity contribution >= 4 is 26.0 Å². The number of nitrogens with zero attached hydrogens (tertiary/aromatic N) is 6. The molecule has 0 aliphatic rings. The van der Waals surface area contributed by atoms with Crippen molar-refractivity contribution in [2.45, 2.75) is 18.6 Å². The van der Waals surface area contributed by atoms with Gasteiger partial charge in [0, 0.05) is 13.0 Å². The van der Waals surface area contributed by atoms with Crippen molar-refractivity contribution in [2.24, 2.45) is 0 Å². The highest BCUT2D eigenvalue weighted by atomic mass is 32.3. The lowest BCUT2D eigenvalue weighted by Crippen LogP contribution is -2.42. The Bertz CT molecular complexity index is 1510. The van der Waals surface area contributed by atoms with Gasteiger partial charge in [-0.3, -0.25) is 4.57 Å². The van der Waals surface area contributed by atoms with E-state index in [1.807, 2.05) is 0 Å². The van der Waals surface area contributed by atoms with Crippen LogP contribution in [0.25, 0.3) is 17.3 Å². The number of para-hydroxylation sites is 1. The van der Waals surface area contributed by atoms with Crippen LogP contribution in [0.15, 0.2) is 53.4 Å². The Kier molecular flexibility index (Phi) is 8.68. The molecule has 14 heteroatoms. The van der Waals surface area contributed by atoms with Crippen LogP contribution in [0.5, 0.6) is 11.5 Å². The molecule has 11 nitrogen and oxygen atoms in total. The van der Waals surface area contributed by atoms with Crippen LogP contribution in [0.3, 0.4) is 0 Å². The summed E-state index contributed by atoms with van der Waals surface area (Å²) in [6.07, 6.45) is 9.82. The van der Waals surface area contributed by atoms with Crippen LogP contribution < -0.4 is 13.8 Å². The summed E-state index contributed by atoms with van der Waals surface area (Å²) in [5.74, 6) is 1.72. The second-order valence-corrected chi connectivity index (χ2v) is 16.8. The number of aromatic nitrogens is 5. The summed E-state index contributed by atoms with van der Waals surface area (Å²) in [5, 5.41) is 7.78. The van der Waals surface area contributed by atoms with Gasteiger partial charge in [0.2, 0.25) is 21.8 Å². The van der Waals surface area contributed by atoms with Crippen molar-refractivity contribution < 1.29 is 26.7 Å². The predicted molar refractivity (Wildman–Crippen MR) is 154 cm³/mol. The molecule has 216 valence electrons. The third-order valence-corrected chi connectivity index (χ3v) is 9.65. The van der Waals surface area contributed by atoms with Gasteiger partial charge in [-0.2, -0.15) is 0 Å². The summed E-state index contributed by atoms with van der Waals surface area (Å²) in [6, 6.07) is 8.65. The number of halogens is 1. The first kappa shape index (κ1) is 29.3. The average molecular weight is 593 g/mol. The minimum absolute atomic E-state index is 0.0291. The minimum atomic E-state index is -4.07. The third-order valence-electron chi connectivity index (χ3n) is 6.10. The molecular weight excluding hydrogens is 559 g/mol. The summed E-state index contributed by atoms with van der Waals surface area (Å²) in [6.45, 7) is 1.71. The molecule has 0 saturated heterocycles. The molecule has 0 amide bonds. The number of sulfonamides is 1. The van der Waals surface area contributed by atoms with Crippen LogP contribution in [0, 0.1) is 5.82 Å². The van der Waals surface area contributed by atoms with Crippen LogP contribution in [-0.2, 0) is 16.4 Å². The molecule has 0 spiro atoms. The fraction of sp³-hybridized carbons (Fsp3) is 0.385. The second-order valence-electron chi connectivity index (χ2n) is 9.89. The average Bonchev–Trinajstić information content (AvgIpc) is 3.59. The van der Waals surface area contributed by atoms with E-state index in [1.54, 1.807) is 41.8 Å². The van der Waals surface area contributed by atoms with Crippen LogP contribution in [0.1, 0.15) is 12.7 Å². The number of ether oxygens (including phenoxy) is 2. The molecule has 0 fully saturated rings. The predicted octanol–water partition coefficient (Wildman–Crippen LogP) is 3.94. The smallest absolute Gasteiger partial charge is 0.246 e. The molecule has 3 heterocycles. The van der Waals surface area contributed by atoms with Crippen molar-refractivity contribution in [3.05, 3.63) is 60.6 Å². The van der Waals surface area contributed by atoms with Crippen molar-refractivity contribution in [2.75, 3.05) is 49.6 Å². The standard InChI is InChI=1S/C26H33FN6O5S2/c1-18(15-23-28-16-19(27)17-29-23)40(34,35)32(12-14-39(4,5)6)26-31-30-25(22-11-8-13-38-22)33(26)24-20(36-2)9-7-10-21(24)37-3/h7-11,13,16-18H,12,14-15H2,1-6H3/t18-/m0/s1. The van der Waals surface area contributed by atoms with Crippen molar-refractivity contribution in [1.29, 1.82) is 0 Å². The van der Waals surface area contributed by atoms with Crippen LogP contribution in [0.4, 0.5) is 10.3 Å². The molecule has 0 radical (unpaired) electrons. The molecule has 0 aliphatic carbocycles. The summed E-state index contributed by atoms with van der Waals surface area (Å²) >= 11 is 0. The Morgan fingerprint density at radius 3 is 2.23 bits per heavy atom.